The summed E-state index contributed by atoms with van der Waals surface area (Å²) in [4.78, 5) is 8.10. The lowest BCUT2D eigenvalue weighted by Gasteiger charge is -2.48. The van der Waals surface area contributed by atoms with Gasteiger partial charge in [0.05, 0.1) is 22.7 Å². The number of anilines is 9. The number of rotatable bonds is 3. The second-order valence-electron chi connectivity index (χ2n) is 31.3. The maximum absolute atomic E-state index is 2.76. The Labute approximate surface area is 484 Å². The average Bonchev–Trinajstić information content (AvgIpc) is 3.92. The van der Waals surface area contributed by atoms with Crippen LogP contribution in [0.3, 0.4) is 0 Å². The van der Waals surface area contributed by atoms with Gasteiger partial charge in [0.15, 0.2) is 0 Å². The maximum atomic E-state index is 2.76. The Kier molecular flexibility index (Phi) is 11.3. The fourth-order valence-corrected chi connectivity index (χ4v) is 16.3. The van der Waals surface area contributed by atoms with Crippen molar-refractivity contribution in [3.63, 3.8) is 0 Å². The van der Waals surface area contributed by atoms with E-state index in [-0.39, 0.29) is 50.0 Å². The van der Waals surface area contributed by atoms with E-state index in [1.54, 1.807) is 0 Å². The predicted octanol–water partition coefficient (Wildman–Crippen LogP) is 19.7. The van der Waals surface area contributed by atoms with Gasteiger partial charge in [-0.25, -0.2) is 0 Å². The van der Waals surface area contributed by atoms with Crippen LogP contribution in [0.2, 0.25) is 0 Å². The van der Waals surface area contributed by atoms with E-state index in [1.165, 1.54) is 140 Å². The molecular weight excluding hydrogens is 986 g/mol. The normalized spacial score (nSPS) is 18.9. The Morgan fingerprint density at radius 3 is 1.34 bits per heavy atom. The monoisotopic (exact) mass is 1070 g/mol. The summed E-state index contributed by atoms with van der Waals surface area (Å²) in [6.45, 7) is 46.2. The summed E-state index contributed by atoms with van der Waals surface area (Å²) < 4.78 is 2.84. The highest BCUT2D eigenvalue weighted by Gasteiger charge is 2.50. The third kappa shape index (κ3) is 7.92. The molecular formula is C75H86BN3S. The molecule has 13 rings (SSSR count). The molecule has 0 saturated carbocycles. The zero-order valence-electron chi connectivity index (χ0n) is 51.8. The predicted molar refractivity (Wildman–Crippen MR) is 349 cm³/mol. The minimum Gasteiger partial charge on any atom is -0.311 e. The molecule has 410 valence electrons. The third-order valence-corrected chi connectivity index (χ3v) is 21.6. The van der Waals surface area contributed by atoms with Crippen LogP contribution in [0, 0.1) is 0 Å². The lowest BCUT2D eigenvalue weighted by Crippen LogP contribution is -2.61. The van der Waals surface area contributed by atoms with Crippen molar-refractivity contribution in [3.05, 3.63) is 177 Å². The number of hydrogen-bond donors (Lipinski definition) is 0. The highest BCUT2D eigenvalue weighted by Crippen LogP contribution is 2.58. The summed E-state index contributed by atoms with van der Waals surface area (Å²) in [5.74, 6) is 0. The molecule has 0 fully saturated rings. The van der Waals surface area contributed by atoms with E-state index >= 15 is 0 Å². The van der Waals surface area contributed by atoms with Crippen molar-refractivity contribution < 1.29 is 0 Å². The van der Waals surface area contributed by atoms with E-state index in [1.807, 2.05) is 0 Å². The second kappa shape index (κ2) is 17.0. The molecule has 5 aliphatic rings. The van der Waals surface area contributed by atoms with Crippen LogP contribution in [-0.4, -0.2) is 6.71 Å². The van der Waals surface area contributed by atoms with Crippen LogP contribution in [0.15, 0.2) is 127 Å². The molecule has 4 heterocycles. The number of hydrogen-bond acceptors (Lipinski definition) is 4. The first-order valence-electron chi connectivity index (χ1n) is 30.1. The topological polar surface area (TPSA) is 9.72 Å². The van der Waals surface area contributed by atoms with Crippen LogP contribution in [0.1, 0.15) is 207 Å². The van der Waals surface area contributed by atoms with Crippen LogP contribution in [-0.2, 0) is 43.3 Å². The first-order valence-corrected chi connectivity index (χ1v) is 30.9. The molecule has 0 N–H and O–H groups in total. The quantitative estimate of drug-likeness (QED) is 0.163. The van der Waals surface area contributed by atoms with Gasteiger partial charge in [0, 0.05) is 48.7 Å². The van der Waals surface area contributed by atoms with Crippen molar-refractivity contribution in [3.8, 4) is 0 Å². The molecule has 0 bridgehead atoms. The minimum absolute atomic E-state index is 0.000718. The summed E-state index contributed by atoms with van der Waals surface area (Å²) >= 11 is 2.07. The number of fused-ring (bicyclic) bond motifs is 10. The summed E-state index contributed by atoms with van der Waals surface area (Å²) in [5.41, 5.74) is 26.6. The maximum Gasteiger partial charge on any atom is 0.264 e. The smallest absolute Gasteiger partial charge is 0.264 e. The van der Waals surface area contributed by atoms with Gasteiger partial charge < -0.3 is 14.7 Å². The van der Waals surface area contributed by atoms with Crippen molar-refractivity contribution in [2.45, 2.75) is 201 Å². The number of benzene rings is 7. The molecule has 0 spiro atoms. The van der Waals surface area contributed by atoms with E-state index in [0.29, 0.717) is 0 Å². The Bertz CT molecular complexity index is 3810. The molecule has 2 aliphatic carbocycles. The molecule has 7 aromatic carbocycles. The first-order chi connectivity index (χ1) is 37.3. The number of thiophene rings is 1. The highest BCUT2D eigenvalue weighted by atomic mass is 32.1. The van der Waals surface area contributed by atoms with E-state index in [4.69, 9.17) is 0 Å². The third-order valence-electron chi connectivity index (χ3n) is 20.4. The van der Waals surface area contributed by atoms with E-state index in [2.05, 4.69) is 285 Å². The molecule has 0 unspecified atom stereocenters. The van der Waals surface area contributed by atoms with Gasteiger partial charge in [-0.2, -0.15) is 0 Å². The molecule has 3 nitrogen and oxygen atoms in total. The summed E-state index contributed by atoms with van der Waals surface area (Å²) in [5, 5.41) is 1.37. The van der Waals surface area contributed by atoms with Gasteiger partial charge in [-0.05, 0) is 191 Å². The zero-order valence-corrected chi connectivity index (χ0v) is 52.6. The van der Waals surface area contributed by atoms with Crippen LogP contribution >= 0.6 is 11.3 Å². The fourth-order valence-electron chi connectivity index (χ4n) is 14.9. The molecule has 1 aromatic heterocycles. The van der Waals surface area contributed by atoms with Crippen LogP contribution < -0.4 is 30.4 Å². The van der Waals surface area contributed by atoms with Crippen molar-refractivity contribution in [2.75, 3.05) is 14.7 Å². The fraction of sp³-hybridized carbons (Fsp3) is 0.413. The Morgan fingerprint density at radius 1 is 0.388 bits per heavy atom. The first kappa shape index (κ1) is 53.3. The molecule has 5 heteroatoms. The average molecular weight is 1070 g/mol. The number of para-hydroxylation sites is 2. The zero-order chi connectivity index (χ0) is 57.0. The van der Waals surface area contributed by atoms with Crippen LogP contribution in [0.25, 0.3) is 10.1 Å². The van der Waals surface area contributed by atoms with Gasteiger partial charge in [0.1, 0.15) is 0 Å². The van der Waals surface area contributed by atoms with Gasteiger partial charge in [-0.3, -0.25) is 0 Å². The Morgan fingerprint density at radius 2 is 0.825 bits per heavy atom. The Balaban J connectivity index is 1.23. The SMILES string of the molecule is CC(C)(C)c1ccc(N2c3cc(N4c5ccccc5C(C)(C)c5ccccc54)cc4c3B(c3cc5c(cc3N4c3cc(C(C)(C)C)cc(C(C)(C)C)c3)C(C)(C)CCC5(C)C)c3sc4cc5c(cc4c32)C(C)(C)CCC5(C)C)cc1. The molecule has 0 atom stereocenters. The van der Waals surface area contributed by atoms with Crippen molar-refractivity contribution in [1.82, 2.24) is 0 Å². The molecule has 0 amide bonds. The summed E-state index contributed by atoms with van der Waals surface area (Å²) in [7, 11) is 0. The van der Waals surface area contributed by atoms with Gasteiger partial charge in [-0.15, -0.1) is 11.3 Å². The molecule has 80 heavy (non-hydrogen) atoms. The highest BCUT2D eigenvalue weighted by molar-refractivity contribution is 7.33. The summed E-state index contributed by atoms with van der Waals surface area (Å²) in [6, 6.07) is 51.7. The van der Waals surface area contributed by atoms with Gasteiger partial charge in [-0.1, -0.05) is 192 Å². The van der Waals surface area contributed by atoms with Gasteiger partial charge in [0.2, 0.25) is 0 Å². The van der Waals surface area contributed by atoms with Crippen molar-refractivity contribution in [2.24, 2.45) is 0 Å². The summed E-state index contributed by atoms with van der Waals surface area (Å²) in [6.07, 6.45) is 4.67. The molecule has 0 saturated heterocycles. The lowest BCUT2D eigenvalue weighted by atomic mass is 9.35. The second-order valence-corrected chi connectivity index (χ2v) is 32.3. The van der Waals surface area contributed by atoms with Crippen molar-refractivity contribution in [1.29, 1.82) is 0 Å². The van der Waals surface area contributed by atoms with E-state index < -0.39 is 0 Å². The Hall–Kier alpha value is -6.04. The molecule has 3 aliphatic heterocycles. The standard InChI is InChI=1S/C75H86BN3S/c1-68(2,3)45-28-30-48(31-29-45)79-63-40-50(77-59-26-22-20-24-52(59)75(18,19)53-25-21-23-27-60(53)77)39-62-65(63)76(67-66(79)51-41-54-57(44-64(51)80-67)74(16,17)35-32-71(54,10)11)58-42-55-56(73(14,15)34-33-72(55,12)13)43-61(58)78(62)49-37-46(69(4,5)6)36-47(38-49)70(7,8)9/h20-31,36-44H,32-35H2,1-19H3. The van der Waals surface area contributed by atoms with Gasteiger partial charge >= 0.3 is 0 Å². The van der Waals surface area contributed by atoms with Crippen molar-refractivity contribution >= 4 is 95.0 Å². The lowest BCUT2D eigenvalue weighted by molar-refractivity contribution is 0.332. The molecule has 8 aromatic rings. The van der Waals surface area contributed by atoms with E-state index in [9.17, 15) is 0 Å². The molecule has 0 radical (unpaired) electrons. The minimum atomic E-state index is -0.203. The largest absolute Gasteiger partial charge is 0.311 e. The number of nitrogens with zero attached hydrogens (tertiary/aromatic N) is 3. The van der Waals surface area contributed by atoms with E-state index in [0.717, 1.165) is 12.8 Å². The van der Waals surface area contributed by atoms with Crippen LogP contribution in [0.4, 0.5) is 51.2 Å². The van der Waals surface area contributed by atoms with Gasteiger partial charge in [0.25, 0.3) is 6.71 Å². The van der Waals surface area contributed by atoms with Crippen LogP contribution in [0.5, 0.6) is 0 Å².